The number of methoxy groups -OCH3 is 1. The van der Waals surface area contributed by atoms with Gasteiger partial charge in [-0.3, -0.25) is 24.1 Å². The number of hydrogen-bond acceptors (Lipinski definition) is 7. The Morgan fingerprint density at radius 1 is 1.07 bits per heavy atom. The van der Waals surface area contributed by atoms with Gasteiger partial charge in [0.1, 0.15) is 0 Å². The van der Waals surface area contributed by atoms with Gasteiger partial charge in [0.25, 0.3) is 0 Å². The van der Waals surface area contributed by atoms with Gasteiger partial charge in [0.15, 0.2) is 23.1 Å². The number of carboxylic acid groups (broad SMARTS) is 1. The number of ketones is 2. The highest BCUT2D eigenvalue weighted by atomic mass is 79.9. The zero-order valence-electron chi connectivity index (χ0n) is 22.0. The molecule has 0 bridgehead atoms. The summed E-state index contributed by atoms with van der Waals surface area (Å²) in [6.07, 6.45) is 3.44. The maximum atomic E-state index is 14.0. The fraction of sp³-hybridized carbons (Fsp3) is 0.258. The minimum absolute atomic E-state index is 0.0584. The summed E-state index contributed by atoms with van der Waals surface area (Å²) >= 11 is 3.44. The van der Waals surface area contributed by atoms with Gasteiger partial charge in [-0.15, -0.1) is 0 Å². The number of amides is 2. The highest BCUT2D eigenvalue weighted by Crippen LogP contribution is 2.57. The van der Waals surface area contributed by atoms with Crippen molar-refractivity contribution in [3.63, 3.8) is 0 Å². The topological polar surface area (TPSA) is 138 Å². The third kappa shape index (κ3) is 4.00. The number of ether oxygens (including phenoxy) is 1. The molecular formula is C31H24BrNO8. The summed E-state index contributed by atoms with van der Waals surface area (Å²) in [5, 5.41) is 20.6. The number of allylic oxidation sites excluding steroid dienone is 6. The molecule has 2 aromatic rings. The van der Waals surface area contributed by atoms with E-state index in [-0.39, 0.29) is 63.9 Å². The molecule has 0 aromatic heterocycles. The van der Waals surface area contributed by atoms with Crippen LogP contribution >= 0.6 is 15.9 Å². The summed E-state index contributed by atoms with van der Waals surface area (Å²) in [5.74, 6) is -5.79. The molecule has 3 aliphatic carbocycles. The first-order valence-corrected chi connectivity index (χ1v) is 13.8. The highest BCUT2D eigenvalue weighted by molar-refractivity contribution is 9.10. The van der Waals surface area contributed by atoms with E-state index in [0.717, 1.165) is 4.90 Å². The van der Waals surface area contributed by atoms with E-state index in [0.29, 0.717) is 15.6 Å². The molecule has 4 unspecified atom stereocenters. The van der Waals surface area contributed by atoms with Crippen molar-refractivity contribution in [2.24, 2.45) is 17.8 Å². The fourth-order valence-corrected chi connectivity index (χ4v) is 7.19. The van der Waals surface area contributed by atoms with Crippen molar-refractivity contribution in [3.05, 3.63) is 86.4 Å². The molecule has 2 amide bonds. The second-order valence-electron chi connectivity index (χ2n) is 10.6. The number of carbonyl (C=O) groups is 5. The molecule has 4 atom stereocenters. The first-order chi connectivity index (χ1) is 19.5. The lowest BCUT2D eigenvalue weighted by Crippen LogP contribution is -2.39. The standard InChI is InChI=1S/C31H24BrNO8/c1-13-8-22(34)26-21(27(13)35)12-19-17(24(26)20-10-15(32)11-23(41-2)28(20)36)6-7-18-25(19)30(38)33(29(18)37)16-5-3-4-14(9-16)31(39)40/h3-6,8-11,18-19,24-25,36H,7,12H2,1-2H3,(H,39,40). The monoisotopic (exact) mass is 617 g/mol. The molecule has 0 radical (unpaired) electrons. The van der Waals surface area contributed by atoms with Crippen LogP contribution in [0.1, 0.15) is 41.6 Å². The smallest absolute Gasteiger partial charge is 0.335 e. The Balaban J connectivity index is 1.51. The fourth-order valence-electron chi connectivity index (χ4n) is 6.74. The van der Waals surface area contributed by atoms with E-state index in [9.17, 15) is 34.2 Å². The van der Waals surface area contributed by atoms with Crippen LogP contribution in [0.15, 0.2) is 75.3 Å². The van der Waals surface area contributed by atoms with Gasteiger partial charge < -0.3 is 14.9 Å². The quantitative estimate of drug-likeness (QED) is 0.291. The summed E-state index contributed by atoms with van der Waals surface area (Å²) in [5.41, 5.74) is 1.93. The number of phenols is 1. The van der Waals surface area contributed by atoms with E-state index in [1.807, 2.05) is 6.08 Å². The van der Waals surface area contributed by atoms with Crippen molar-refractivity contribution in [2.45, 2.75) is 25.7 Å². The Labute approximate surface area is 242 Å². The van der Waals surface area contributed by atoms with Crippen molar-refractivity contribution in [2.75, 3.05) is 12.0 Å². The second kappa shape index (κ2) is 9.66. The lowest BCUT2D eigenvalue weighted by atomic mass is 9.59. The molecule has 208 valence electrons. The van der Waals surface area contributed by atoms with Crippen LogP contribution in [0.3, 0.4) is 0 Å². The number of halogens is 1. The normalized spacial score (nSPS) is 25.4. The van der Waals surface area contributed by atoms with Crippen LogP contribution in [0.2, 0.25) is 0 Å². The van der Waals surface area contributed by atoms with E-state index >= 15 is 0 Å². The highest BCUT2D eigenvalue weighted by Gasteiger charge is 2.57. The van der Waals surface area contributed by atoms with Crippen LogP contribution < -0.4 is 9.64 Å². The first-order valence-electron chi connectivity index (χ1n) is 13.0. The maximum absolute atomic E-state index is 14.0. The Morgan fingerprint density at radius 2 is 1.83 bits per heavy atom. The number of hydrogen-bond donors (Lipinski definition) is 2. The number of aromatic carboxylic acids is 1. The number of fused-ring (bicyclic) bond motifs is 3. The molecule has 10 heteroatoms. The minimum atomic E-state index is -1.19. The molecule has 1 fully saturated rings. The van der Waals surface area contributed by atoms with Crippen molar-refractivity contribution in [1.82, 2.24) is 0 Å². The third-order valence-electron chi connectivity index (χ3n) is 8.51. The van der Waals surface area contributed by atoms with E-state index in [4.69, 9.17) is 4.74 Å². The van der Waals surface area contributed by atoms with Crippen LogP contribution in [0.4, 0.5) is 5.69 Å². The molecule has 2 N–H and O–H groups in total. The van der Waals surface area contributed by atoms with Crippen LogP contribution in [0.25, 0.3) is 0 Å². The number of benzene rings is 2. The Kier molecular flexibility index (Phi) is 6.33. The molecule has 0 spiro atoms. The summed E-state index contributed by atoms with van der Waals surface area (Å²) in [6, 6.07) is 8.91. The number of carboxylic acids is 1. The molecule has 0 saturated carbocycles. The van der Waals surface area contributed by atoms with Crippen molar-refractivity contribution in [1.29, 1.82) is 0 Å². The Morgan fingerprint density at radius 3 is 2.54 bits per heavy atom. The number of anilines is 1. The van der Waals surface area contributed by atoms with E-state index in [1.54, 1.807) is 19.1 Å². The zero-order chi connectivity index (χ0) is 29.3. The average Bonchev–Trinajstić information content (AvgIpc) is 3.21. The van der Waals surface area contributed by atoms with E-state index in [1.165, 1.54) is 37.5 Å². The third-order valence-corrected chi connectivity index (χ3v) is 8.97. The van der Waals surface area contributed by atoms with Gasteiger partial charge in [-0.1, -0.05) is 33.6 Å². The largest absolute Gasteiger partial charge is 0.504 e. The van der Waals surface area contributed by atoms with Crippen molar-refractivity contribution >= 4 is 51.0 Å². The van der Waals surface area contributed by atoms with Gasteiger partial charge >= 0.3 is 5.97 Å². The molecular weight excluding hydrogens is 594 g/mol. The summed E-state index contributed by atoms with van der Waals surface area (Å²) in [7, 11) is 1.41. The van der Waals surface area contributed by atoms with Gasteiger partial charge in [0.05, 0.1) is 30.2 Å². The molecule has 2 aromatic carbocycles. The van der Waals surface area contributed by atoms with Gasteiger partial charge in [-0.05, 0) is 62.1 Å². The van der Waals surface area contributed by atoms with Crippen molar-refractivity contribution < 1.29 is 38.9 Å². The minimum Gasteiger partial charge on any atom is -0.504 e. The van der Waals surface area contributed by atoms with Crippen LogP contribution in [0.5, 0.6) is 11.5 Å². The van der Waals surface area contributed by atoms with Crippen LogP contribution in [-0.2, 0) is 19.2 Å². The van der Waals surface area contributed by atoms with Crippen LogP contribution in [0, 0.1) is 17.8 Å². The Hall–Kier alpha value is -4.31. The predicted octanol–water partition coefficient (Wildman–Crippen LogP) is 4.50. The lowest BCUT2D eigenvalue weighted by Gasteiger charge is -2.42. The van der Waals surface area contributed by atoms with E-state index in [2.05, 4.69) is 15.9 Å². The van der Waals surface area contributed by atoms with E-state index < -0.39 is 41.5 Å². The van der Waals surface area contributed by atoms with Gasteiger partial charge in [-0.2, -0.15) is 0 Å². The summed E-state index contributed by atoms with van der Waals surface area (Å²) < 4.78 is 5.94. The lowest BCUT2D eigenvalue weighted by molar-refractivity contribution is -0.123. The molecule has 1 aliphatic heterocycles. The first kappa shape index (κ1) is 26.9. The molecule has 9 nitrogen and oxygen atoms in total. The SMILES string of the molecule is COc1cc(Br)cc(C2C3=CCC4C(=O)N(c5cccc(C(=O)O)c5)C(=O)C4C3CC3=C2C(=O)C=C(C)C3=O)c1O. The number of imide groups is 1. The summed E-state index contributed by atoms with van der Waals surface area (Å²) in [4.78, 5) is 67.1. The molecule has 1 heterocycles. The van der Waals surface area contributed by atoms with Crippen molar-refractivity contribution in [3.8, 4) is 11.5 Å². The Bertz CT molecular complexity index is 1700. The number of Topliss-reactive ketones (excluding diaryl/α,β-unsaturated/α-hetero) is 1. The number of carbonyl (C=O) groups excluding carboxylic acids is 4. The van der Waals surface area contributed by atoms with Crippen LogP contribution in [-0.4, -0.2) is 46.7 Å². The average molecular weight is 618 g/mol. The zero-order valence-corrected chi connectivity index (χ0v) is 23.6. The van der Waals surface area contributed by atoms with Gasteiger partial charge in [-0.25, -0.2) is 4.79 Å². The van der Waals surface area contributed by atoms with Gasteiger partial charge in [0.2, 0.25) is 11.8 Å². The molecule has 6 rings (SSSR count). The molecule has 41 heavy (non-hydrogen) atoms. The maximum Gasteiger partial charge on any atom is 0.335 e. The predicted molar refractivity (Wildman–Crippen MR) is 150 cm³/mol. The summed E-state index contributed by atoms with van der Waals surface area (Å²) in [6.45, 7) is 1.56. The molecule has 4 aliphatic rings. The van der Waals surface area contributed by atoms with Gasteiger partial charge in [0, 0.05) is 32.7 Å². The number of nitrogens with zero attached hydrogens (tertiary/aromatic N) is 1. The molecule has 1 saturated heterocycles. The second-order valence-corrected chi connectivity index (χ2v) is 11.6. The number of phenolic OH excluding ortho intramolecular Hbond substituents is 1. The number of aromatic hydroxyl groups is 1. The number of rotatable bonds is 4.